The summed E-state index contributed by atoms with van der Waals surface area (Å²) in [7, 11) is 0. The number of amides is 1. The molecular weight excluding hydrogens is 288 g/mol. The number of rotatable bonds is 5. The molecule has 116 valence electrons. The van der Waals surface area contributed by atoms with Crippen LogP contribution >= 0.6 is 11.6 Å². The zero-order valence-corrected chi connectivity index (χ0v) is 13.4. The van der Waals surface area contributed by atoms with Crippen molar-refractivity contribution in [3.8, 4) is 5.75 Å². The van der Waals surface area contributed by atoms with Crippen molar-refractivity contribution in [2.45, 2.75) is 44.8 Å². The topological polar surface area (TPSA) is 55.6 Å². The maximum Gasteiger partial charge on any atom is 0.242 e. The van der Waals surface area contributed by atoms with E-state index in [1.807, 2.05) is 36.9 Å². The highest BCUT2D eigenvalue weighted by Gasteiger charge is 2.36. The number of carbonyl (C=O) groups is 1. The molecule has 21 heavy (non-hydrogen) atoms. The number of benzene rings is 1. The van der Waals surface area contributed by atoms with Gasteiger partial charge in [-0.25, -0.2) is 0 Å². The quantitative estimate of drug-likeness (QED) is 0.910. The van der Waals surface area contributed by atoms with Gasteiger partial charge in [0.25, 0.3) is 0 Å². The fourth-order valence-corrected chi connectivity index (χ4v) is 2.91. The molecule has 1 aromatic rings. The third-order valence-electron chi connectivity index (χ3n) is 3.79. The van der Waals surface area contributed by atoms with E-state index in [0.29, 0.717) is 24.5 Å². The molecule has 0 radical (unpaired) electrons. The summed E-state index contributed by atoms with van der Waals surface area (Å²) in [6.45, 7) is 5.12. The molecule has 4 nitrogen and oxygen atoms in total. The Hall–Kier alpha value is -1.26. The number of nitrogens with two attached hydrogens (primary N) is 1. The van der Waals surface area contributed by atoms with Gasteiger partial charge >= 0.3 is 0 Å². The predicted molar refractivity (Wildman–Crippen MR) is 84.6 cm³/mol. The minimum absolute atomic E-state index is 0.00448. The molecule has 0 aromatic heterocycles. The van der Waals surface area contributed by atoms with Crippen LogP contribution in [0.5, 0.6) is 5.75 Å². The van der Waals surface area contributed by atoms with Gasteiger partial charge in [-0.3, -0.25) is 4.79 Å². The number of nitrogens with zero attached hydrogens (tertiary/aromatic N) is 1. The largest absolute Gasteiger partial charge is 0.488 e. The number of ether oxygens (including phenoxy) is 1. The van der Waals surface area contributed by atoms with E-state index in [1.54, 1.807) is 6.07 Å². The summed E-state index contributed by atoms with van der Waals surface area (Å²) in [5.41, 5.74) is 5.34. The molecule has 2 rings (SSSR count). The summed E-state index contributed by atoms with van der Waals surface area (Å²) in [6.07, 6.45) is 2.42. The highest BCUT2D eigenvalue weighted by molar-refractivity contribution is 6.30. The first-order valence-electron chi connectivity index (χ1n) is 7.43. The van der Waals surface area contributed by atoms with E-state index in [1.165, 1.54) is 0 Å². The molecule has 2 unspecified atom stereocenters. The Morgan fingerprint density at radius 2 is 2.33 bits per heavy atom. The SMILES string of the molecule is CCCC(C)(N)C(=O)N1CCC(Oc2cccc(Cl)c2)C1. The zero-order valence-electron chi connectivity index (χ0n) is 12.6. The Kier molecular flexibility index (Phi) is 5.12. The van der Waals surface area contributed by atoms with Crippen LogP contribution in [0.15, 0.2) is 24.3 Å². The zero-order chi connectivity index (χ0) is 15.5. The van der Waals surface area contributed by atoms with Crippen molar-refractivity contribution in [1.82, 2.24) is 4.90 Å². The molecule has 1 heterocycles. The van der Waals surface area contributed by atoms with Crippen molar-refractivity contribution in [3.05, 3.63) is 29.3 Å². The van der Waals surface area contributed by atoms with Crippen LogP contribution in [0.2, 0.25) is 5.02 Å². The highest BCUT2D eigenvalue weighted by atomic mass is 35.5. The molecule has 1 fully saturated rings. The van der Waals surface area contributed by atoms with Crippen molar-refractivity contribution in [2.75, 3.05) is 13.1 Å². The summed E-state index contributed by atoms with van der Waals surface area (Å²) < 4.78 is 5.89. The molecular formula is C16H23ClN2O2. The van der Waals surface area contributed by atoms with Gasteiger partial charge in [0.1, 0.15) is 11.9 Å². The second kappa shape index (κ2) is 6.67. The second-order valence-electron chi connectivity index (χ2n) is 5.90. The van der Waals surface area contributed by atoms with Crippen molar-refractivity contribution < 1.29 is 9.53 Å². The standard InChI is InChI=1S/C16H23ClN2O2/c1-3-8-16(2,18)15(20)19-9-7-14(11-19)21-13-6-4-5-12(17)10-13/h4-6,10,14H,3,7-9,11,18H2,1-2H3. The fraction of sp³-hybridized carbons (Fsp3) is 0.562. The predicted octanol–water partition coefficient (Wildman–Crippen LogP) is 2.84. The maximum absolute atomic E-state index is 12.4. The van der Waals surface area contributed by atoms with E-state index in [0.717, 1.165) is 18.6 Å². The van der Waals surface area contributed by atoms with E-state index in [2.05, 4.69) is 0 Å². The Morgan fingerprint density at radius 3 is 3.00 bits per heavy atom. The number of hydrogen-bond donors (Lipinski definition) is 1. The van der Waals surface area contributed by atoms with Crippen LogP contribution in [0, 0.1) is 0 Å². The monoisotopic (exact) mass is 310 g/mol. The Bertz CT molecular complexity index is 505. The summed E-state index contributed by atoms with van der Waals surface area (Å²) in [6, 6.07) is 7.33. The summed E-state index contributed by atoms with van der Waals surface area (Å²) in [5.74, 6) is 0.757. The normalized spacial score (nSPS) is 21.1. The second-order valence-corrected chi connectivity index (χ2v) is 6.34. The van der Waals surface area contributed by atoms with Gasteiger partial charge in [0.05, 0.1) is 12.1 Å². The molecule has 0 bridgehead atoms. The van der Waals surface area contributed by atoms with Gasteiger partial charge < -0.3 is 15.4 Å². The molecule has 1 aliphatic heterocycles. The lowest BCUT2D eigenvalue weighted by atomic mass is 9.96. The molecule has 0 saturated carbocycles. The van der Waals surface area contributed by atoms with Gasteiger partial charge in [-0.1, -0.05) is 31.0 Å². The first-order chi connectivity index (χ1) is 9.92. The molecule has 0 spiro atoms. The molecule has 2 atom stereocenters. The number of carbonyl (C=O) groups excluding carboxylic acids is 1. The Labute approximate surface area is 131 Å². The molecule has 1 saturated heterocycles. The van der Waals surface area contributed by atoms with Crippen LogP contribution in [-0.4, -0.2) is 35.5 Å². The molecule has 0 aliphatic carbocycles. The minimum Gasteiger partial charge on any atom is -0.488 e. The van der Waals surface area contributed by atoms with Gasteiger partial charge in [0.15, 0.2) is 0 Å². The lowest BCUT2D eigenvalue weighted by Crippen LogP contribution is -2.52. The van der Waals surface area contributed by atoms with Gasteiger partial charge in [0.2, 0.25) is 5.91 Å². The molecule has 1 aromatic carbocycles. The maximum atomic E-state index is 12.4. The average Bonchev–Trinajstić information content (AvgIpc) is 2.86. The van der Waals surface area contributed by atoms with E-state index in [4.69, 9.17) is 22.1 Å². The number of likely N-dealkylation sites (tertiary alicyclic amines) is 1. The van der Waals surface area contributed by atoms with E-state index >= 15 is 0 Å². The van der Waals surface area contributed by atoms with Crippen LogP contribution in [0.25, 0.3) is 0 Å². The number of halogens is 1. The van der Waals surface area contributed by atoms with E-state index < -0.39 is 5.54 Å². The number of hydrogen-bond acceptors (Lipinski definition) is 3. The summed E-state index contributed by atoms with van der Waals surface area (Å²) >= 11 is 5.94. The van der Waals surface area contributed by atoms with Gasteiger partial charge in [-0.05, 0) is 31.5 Å². The first kappa shape index (κ1) is 16.1. The van der Waals surface area contributed by atoms with Crippen molar-refractivity contribution in [1.29, 1.82) is 0 Å². The third kappa shape index (κ3) is 4.11. The molecule has 2 N–H and O–H groups in total. The van der Waals surface area contributed by atoms with Crippen LogP contribution in [0.1, 0.15) is 33.1 Å². The molecule has 5 heteroatoms. The molecule has 1 amide bonds. The lowest BCUT2D eigenvalue weighted by molar-refractivity contribution is -0.135. The Balaban J connectivity index is 1.93. The van der Waals surface area contributed by atoms with Gasteiger partial charge in [0, 0.05) is 18.0 Å². The summed E-state index contributed by atoms with van der Waals surface area (Å²) in [5, 5.41) is 0.649. The summed E-state index contributed by atoms with van der Waals surface area (Å²) in [4.78, 5) is 14.2. The van der Waals surface area contributed by atoms with Crippen molar-refractivity contribution in [2.24, 2.45) is 5.73 Å². The van der Waals surface area contributed by atoms with Gasteiger partial charge in [-0.15, -0.1) is 0 Å². The smallest absolute Gasteiger partial charge is 0.242 e. The van der Waals surface area contributed by atoms with E-state index in [9.17, 15) is 4.79 Å². The Morgan fingerprint density at radius 1 is 1.57 bits per heavy atom. The fourth-order valence-electron chi connectivity index (χ4n) is 2.73. The van der Waals surface area contributed by atoms with E-state index in [-0.39, 0.29) is 12.0 Å². The highest BCUT2D eigenvalue weighted by Crippen LogP contribution is 2.23. The minimum atomic E-state index is -0.778. The average molecular weight is 311 g/mol. The van der Waals surface area contributed by atoms with Crippen molar-refractivity contribution >= 4 is 17.5 Å². The van der Waals surface area contributed by atoms with Crippen molar-refractivity contribution in [3.63, 3.8) is 0 Å². The van der Waals surface area contributed by atoms with Crippen LogP contribution in [0.3, 0.4) is 0 Å². The van der Waals surface area contributed by atoms with Crippen LogP contribution in [-0.2, 0) is 4.79 Å². The van der Waals surface area contributed by atoms with Gasteiger partial charge in [-0.2, -0.15) is 0 Å². The van der Waals surface area contributed by atoms with Crippen LogP contribution < -0.4 is 10.5 Å². The van der Waals surface area contributed by atoms with Crippen LogP contribution in [0.4, 0.5) is 0 Å². The lowest BCUT2D eigenvalue weighted by Gasteiger charge is -2.28. The third-order valence-corrected chi connectivity index (χ3v) is 4.02. The first-order valence-corrected chi connectivity index (χ1v) is 7.80. The molecule has 1 aliphatic rings.